The Morgan fingerprint density at radius 1 is 0.340 bits per heavy atom. The van der Waals surface area contributed by atoms with E-state index in [9.17, 15) is 52.7 Å². The zero-order chi connectivity index (χ0) is 38.8. The quantitative estimate of drug-likeness (QED) is 0.0961. The highest BCUT2D eigenvalue weighted by Crippen LogP contribution is 2.41. The van der Waals surface area contributed by atoms with Gasteiger partial charge in [-0.05, 0) is 62.4 Å². The predicted octanol–water partition coefficient (Wildman–Crippen LogP) is 11.4. The summed E-state index contributed by atoms with van der Waals surface area (Å²) in [5.74, 6) is -31.6. The number of benzene rings is 4. The first kappa shape index (κ1) is 37.0. The highest BCUT2D eigenvalue weighted by Gasteiger charge is 2.34. The van der Waals surface area contributed by atoms with Gasteiger partial charge in [-0.1, -0.05) is 12.1 Å². The molecule has 0 saturated heterocycles. The molecule has 0 bridgehead atoms. The molecule has 16 heteroatoms. The molecule has 0 atom stereocenters. The lowest BCUT2D eigenvalue weighted by Gasteiger charge is -2.25. The van der Waals surface area contributed by atoms with E-state index in [1.54, 1.807) is 0 Å². The Kier molecular flexibility index (Phi) is 9.29. The van der Waals surface area contributed by atoms with Gasteiger partial charge in [-0.15, -0.1) is 0 Å². The molecule has 2 heterocycles. The van der Waals surface area contributed by atoms with Gasteiger partial charge in [0.25, 0.3) is 0 Å². The van der Waals surface area contributed by atoms with Crippen molar-refractivity contribution < 1.29 is 61.5 Å². The summed E-state index contributed by atoms with van der Waals surface area (Å²) in [7, 11) is 0. The van der Waals surface area contributed by atoms with Crippen LogP contribution in [0.2, 0.25) is 0 Å². The van der Waals surface area contributed by atoms with Crippen molar-refractivity contribution in [1.29, 1.82) is 0 Å². The topological polar surface area (TPSA) is 25.8 Å². The van der Waals surface area contributed by atoms with E-state index in [4.69, 9.17) is 0 Å². The van der Waals surface area contributed by atoms with Gasteiger partial charge < -0.3 is 0 Å². The summed E-state index contributed by atoms with van der Waals surface area (Å²) in [6.07, 6.45) is 0. The fraction of sp³-hybridized carbons (Fsp3) is 0.0811. The summed E-state index contributed by atoms with van der Waals surface area (Å²) in [6.45, 7) is 3.02. The van der Waals surface area contributed by atoms with Gasteiger partial charge in [0.05, 0.1) is 45.0 Å². The molecular weight excluding hydrogens is 738 g/mol. The van der Waals surface area contributed by atoms with Gasteiger partial charge in [0.1, 0.15) is 23.3 Å². The second kappa shape index (κ2) is 13.3. The number of pyridine rings is 2. The number of hydrogen-bond donors (Lipinski definition) is 0. The highest BCUT2D eigenvalue weighted by atomic mass is 19.2. The largest absolute Gasteiger partial charge is 0.252 e. The molecular formula is C37H16F14N2. The van der Waals surface area contributed by atoms with Crippen LogP contribution in [0.25, 0.3) is 44.8 Å². The van der Waals surface area contributed by atoms with Gasteiger partial charge in [-0.3, -0.25) is 9.97 Å². The Morgan fingerprint density at radius 2 is 0.642 bits per heavy atom. The maximum absolute atomic E-state index is 15.8. The second-order valence-corrected chi connectivity index (χ2v) is 11.9. The van der Waals surface area contributed by atoms with Gasteiger partial charge >= 0.3 is 0 Å². The molecule has 0 radical (unpaired) electrons. The monoisotopic (exact) mass is 754 g/mol. The lowest BCUT2D eigenvalue weighted by molar-refractivity contribution is 0.380. The number of nitrogens with zero attached hydrogens (tertiary/aromatic N) is 2. The third-order valence-corrected chi connectivity index (χ3v) is 8.43. The Hall–Kier alpha value is -5.80. The van der Waals surface area contributed by atoms with Gasteiger partial charge in [0.2, 0.25) is 11.6 Å². The predicted molar refractivity (Wildman–Crippen MR) is 162 cm³/mol. The van der Waals surface area contributed by atoms with Gasteiger partial charge in [-0.2, -0.15) is 0 Å². The zero-order valence-corrected chi connectivity index (χ0v) is 26.5. The molecule has 2 nitrogen and oxygen atoms in total. The van der Waals surface area contributed by atoms with Crippen molar-refractivity contribution in [2.45, 2.75) is 19.3 Å². The fourth-order valence-corrected chi connectivity index (χ4v) is 5.60. The molecule has 0 spiro atoms. The van der Waals surface area contributed by atoms with Crippen LogP contribution in [-0.2, 0) is 5.41 Å². The lowest BCUT2D eigenvalue weighted by Crippen LogP contribution is -2.22. The molecule has 2 aromatic heterocycles. The lowest BCUT2D eigenvalue weighted by atomic mass is 9.84. The summed E-state index contributed by atoms with van der Waals surface area (Å²) in [5, 5.41) is 0. The van der Waals surface area contributed by atoms with E-state index >= 15 is 8.78 Å². The van der Waals surface area contributed by atoms with Crippen LogP contribution in [0.15, 0.2) is 60.7 Å². The first-order valence-corrected chi connectivity index (χ1v) is 14.8. The Labute approximate surface area is 289 Å². The van der Waals surface area contributed by atoms with E-state index in [1.165, 1.54) is 50.2 Å². The summed E-state index contributed by atoms with van der Waals surface area (Å²) >= 11 is 0. The van der Waals surface area contributed by atoms with E-state index in [0.717, 1.165) is 12.1 Å². The Bertz CT molecular complexity index is 2270. The van der Waals surface area contributed by atoms with E-state index in [1.807, 2.05) is 0 Å². The first-order chi connectivity index (χ1) is 24.9. The zero-order valence-electron chi connectivity index (χ0n) is 26.5. The van der Waals surface area contributed by atoms with Crippen molar-refractivity contribution >= 4 is 0 Å². The standard InChI is InChI=1S/C37H16F14N2/c1-37(2,19-7-3-5-17(52-19)13-9-11-15(38)21(25(13)40)23-27(42)31(46)35(50)32(47)28(23)43)20-8-4-6-18(53-20)14-10-12-16(39)22(26(14)41)24-29(44)33(48)36(51)34(49)30(24)45/h3-12H,1-2H3. The van der Waals surface area contributed by atoms with Crippen LogP contribution in [0, 0.1) is 81.4 Å². The van der Waals surface area contributed by atoms with E-state index in [-0.39, 0.29) is 22.8 Å². The van der Waals surface area contributed by atoms with Crippen molar-refractivity contribution in [3.8, 4) is 44.8 Å². The van der Waals surface area contributed by atoms with Gasteiger partial charge in [-0.25, -0.2) is 61.5 Å². The molecule has 0 aliphatic heterocycles. The van der Waals surface area contributed by atoms with E-state index in [0.29, 0.717) is 12.1 Å². The Balaban J connectivity index is 1.44. The maximum atomic E-state index is 15.8. The molecule has 0 N–H and O–H groups in total. The third-order valence-electron chi connectivity index (χ3n) is 8.43. The SMILES string of the molecule is CC(C)(c1cccc(-c2ccc(F)c(-c3c(F)c(F)c(F)c(F)c3F)c2F)n1)c1cccc(-c2ccc(F)c(-c3c(F)c(F)c(F)c(F)c3F)c2F)n1. The van der Waals surface area contributed by atoms with Crippen LogP contribution in [-0.4, -0.2) is 9.97 Å². The number of rotatable bonds is 6. The third kappa shape index (κ3) is 5.85. The maximum Gasteiger partial charge on any atom is 0.200 e. The molecule has 0 aliphatic carbocycles. The average molecular weight is 755 g/mol. The Morgan fingerprint density at radius 3 is 0.962 bits per heavy atom. The summed E-state index contributed by atoms with van der Waals surface area (Å²) in [4.78, 5) is 8.66. The van der Waals surface area contributed by atoms with Crippen LogP contribution in [0.1, 0.15) is 25.2 Å². The summed E-state index contributed by atoms with van der Waals surface area (Å²) < 4.78 is 203. The van der Waals surface area contributed by atoms with E-state index < -0.39 is 120 Å². The van der Waals surface area contributed by atoms with Crippen molar-refractivity contribution in [2.24, 2.45) is 0 Å². The van der Waals surface area contributed by atoms with Gasteiger partial charge in [0.15, 0.2) is 46.5 Å². The number of hydrogen-bond acceptors (Lipinski definition) is 2. The minimum Gasteiger partial charge on any atom is -0.252 e. The van der Waals surface area contributed by atoms with Crippen molar-refractivity contribution in [3.05, 3.63) is 153 Å². The normalized spacial score (nSPS) is 11.8. The van der Waals surface area contributed by atoms with Crippen LogP contribution in [0.4, 0.5) is 61.5 Å². The second-order valence-electron chi connectivity index (χ2n) is 11.9. The first-order valence-electron chi connectivity index (χ1n) is 14.8. The molecule has 53 heavy (non-hydrogen) atoms. The van der Waals surface area contributed by atoms with Gasteiger partial charge in [0, 0.05) is 16.5 Å². The minimum atomic E-state index is -2.54. The molecule has 0 aliphatic rings. The number of aromatic nitrogens is 2. The van der Waals surface area contributed by atoms with Crippen LogP contribution < -0.4 is 0 Å². The summed E-state index contributed by atoms with van der Waals surface area (Å²) in [6, 6.07) is 10.4. The molecule has 272 valence electrons. The molecule has 0 fully saturated rings. The molecule has 0 unspecified atom stereocenters. The average Bonchev–Trinajstić information content (AvgIpc) is 3.14. The van der Waals surface area contributed by atoms with Crippen molar-refractivity contribution in [3.63, 3.8) is 0 Å². The van der Waals surface area contributed by atoms with Crippen LogP contribution in [0.5, 0.6) is 0 Å². The molecule has 6 aromatic rings. The van der Waals surface area contributed by atoms with Crippen molar-refractivity contribution in [2.75, 3.05) is 0 Å². The fourth-order valence-electron chi connectivity index (χ4n) is 5.60. The smallest absolute Gasteiger partial charge is 0.200 e. The molecule has 0 amide bonds. The minimum absolute atomic E-state index is 0.0582. The number of halogens is 14. The van der Waals surface area contributed by atoms with Crippen LogP contribution in [0.3, 0.4) is 0 Å². The van der Waals surface area contributed by atoms with Crippen LogP contribution >= 0.6 is 0 Å². The summed E-state index contributed by atoms with van der Waals surface area (Å²) in [5.41, 5.74) is -9.95. The molecule has 0 saturated carbocycles. The van der Waals surface area contributed by atoms with E-state index in [2.05, 4.69) is 9.97 Å². The molecule has 6 rings (SSSR count). The van der Waals surface area contributed by atoms with Crippen molar-refractivity contribution in [1.82, 2.24) is 9.97 Å². The highest BCUT2D eigenvalue weighted by molar-refractivity contribution is 5.76. The molecule has 4 aromatic carbocycles.